The molecule has 0 aromatic heterocycles. The van der Waals surface area contributed by atoms with Crippen molar-refractivity contribution in [3.05, 3.63) is 29.3 Å². The molecule has 0 fully saturated rings. The van der Waals surface area contributed by atoms with E-state index in [1.54, 1.807) is 19.0 Å². The van der Waals surface area contributed by atoms with Crippen LogP contribution in [0.25, 0.3) is 0 Å². The highest BCUT2D eigenvalue weighted by molar-refractivity contribution is 5.85. The van der Waals surface area contributed by atoms with Gasteiger partial charge in [-0.1, -0.05) is 25.5 Å². The molecule has 0 aliphatic carbocycles. The lowest BCUT2D eigenvalue weighted by Gasteiger charge is -2.12. The van der Waals surface area contributed by atoms with Crippen LogP contribution in [0.2, 0.25) is 0 Å². The van der Waals surface area contributed by atoms with Crippen LogP contribution >= 0.6 is 12.4 Å². The van der Waals surface area contributed by atoms with Crippen molar-refractivity contribution in [3.8, 4) is 5.75 Å². The summed E-state index contributed by atoms with van der Waals surface area (Å²) < 4.78 is 5.81. The number of nitrogens with one attached hydrogen (secondary N) is 1. The molecule has 1 aromatic rings. The normalized spacial score (nSPS) is 10.0. The number of hydrogen-bond acceptors (Lipinski definition) is 3. The first kappa shape index (κ1) is 20.7. The molecule has 0 atom stereocenters. The molecule has 0 spiro atoms. The second-order valence-electron chi connectivity index (χ2n) is 5.52. The Balaban J connectivity index is 0.00000441. The Kier molecular flexibility index (Phi) is 10.7. The molecule has 0 saturated heterocycles. The van der Waals surface area contributed by atoms with Crippen LogP contribution in [0.3, 0.4) is 0 Å². The zero-order valence-corrected chi connectivity index (χ0v) is 15.0. The minimum atomic E-state index is 0. The van der Waals surface area contributed by atoms with Gasteiger partial charge in [-0.3, -0.25) is 4.79 Å². The van der Waals surface area contributed by atoms with Gasteiger partial charge in [0.2, 0.25) is 5.91 Å². The number of carbonyl (C=O) groups excluding carboxylic acids is 1. The second-order valence-corrected chi connectivity index (χ2v) is 5.52. The monoisotopic (exact) mass is 328 g/mol. The van der Waals surface area contributed by atoms with Crippen molar-refractivity contribution in [1.82, 2.24) is 10.2 Å². The third kappa shape index (κ3) is 7.66. The van der Waals surface area contributed by atoms with Gasteiger partial charge in [0, 0.05) is 14.1 Å². The Morgan fingerprint density at radius 3 is 2.68 bits per heavy atom. The van der Waals surface area contributed by atoms with E-state index in [9.17, 15) is 4.79 Å². The first-order valence-corrected chi connectivity index (χ1v) is 7.67. The van der Waals surface area contributed by atoms with Crippen molar-refractivity contribution in [2.24, 2.45) is 0 Å². The molecule has 0 unspecified atom stereocenters. The smallest absolute Gasteiger partial charge is 0.236 e. The number of ether oxygens (including phenoxy) is 1. The van der Waals surface area contributed by atoms with E-state index in [1.165, 1.54) is 11.1 Å². The number of aryl methyl sites for hydroxylation is 1. The van der Waals surface area contributed by atoms with Crippen LogP contribution in [0.4, 0.5) is 0 Å². The molecular weight excluding hydrogens is 300 g/mol. The number of halogens is 1. The van der Waals surface area contributed by atoms with E-state index in [1.807, 2.05) is 0 Å². The number of nitrogens with zero attached hydrogens (tertiary/aromatic N) is 1. The van der Waals surface area contributed by atoms with Crippen LogP contribution in [0.1, 0.15) is 30.9 Å². The zero-order valence-electron chi connectivity index (χ0n) is 14.1. The number of carbonyl (C=O) groups is 1. The SMILES string of the molecule is CCCCOc1cc(CCNCC(=O)N(C)C)ccc1C.Cl. The predicted octanol–water partition coefficient (Wildman–Crippen LogP) is 2.82. The Morgan fingerprint density at radius 1 is 1.32 bits per heavy atom. The molecule has 1 amide bonds. The van der Waals surface area contributed by atoms with E-state index in [-0.39, 0.29) is 18.3 Å². The predicted molar refractivity (Wildman–Crippen MR) is 94.1 cm³/mol. The van der Waals surface area contributed by atoms with Gasteiger partial charge in [-0.2, -0.15) is 0 Å². The number of unbranched alkanes of at least 4 members (excludes halogenated alkanes) is 1. The van der Waals surface area contributed by atoms with Gasteiger partial charge in [0.25, 0.3) is 0 Å². The van der Waals surface area contributed by atoms with Crippen LogP contribution < -0.4 is 10.1 Å². The van der Waals surface area contributed by atoms with Crippen LogP contribution in [0, 0.1) is 6.92 Å². The fourth-order valence-corrected chi connectivity index (χ4v) is 1.87. The van der Waals surface area contributed by atoms with Gasteiger partial charge in [0.15, 0.2) is 0 Å². The van der Waals surface area contributed by atoms with Gasteiger partial charge in [-0.25, -0.2) is 0 Å². The molecule has 0 radical (unpaired) electrons. The third-order valence-electron chi connectivity index (χ3n) is 3.37. The molecule has 1 aromatic carbocycles. The van der Waals surface area contributed by atoms with Crippen molar-refractivity contribution in [2.45, 2.75) is 33.1 Å². The maximum absolute atomic E-state index is 11.4. The summed E-state index contributed by atoms with van der Waals surface area (Å²) in [7, 11) is 3.54. The molecule has 0 heterocycles. The van der Waals surface area contributed by atoms with E-state index >= 15 is 0 Å². The third-order valence-corrected chi connectivity index (χ3v) is 3.37. The molecule has 22 heavy (non-hydrogen) atoms. The van der Waals surface area contributed by atoms with Crippen LogP contribution in [-0.2, 0) is 11.2 Å². The Morgan fingerprint density at radius 2 is 2.05 bits per heavy atom. The first-order chi connectivity index (χ1) is 10.0. The largest absolute Gasteiger partial charge is 0.493 e. The van der Waals surface area contributed by atoms with E-state index in [0.29, 0.717) is 6.54 Å². The van der Waals surface area contributed by atoms with Crippen molar-refractivity contribution >= 4 is 18.3 Å². The maximum atomic E-state index is 11.4. The Bertz CT molecular complexity index is 450. The van der Waals surface area contributed by atoms with Gasteiger partial charge in [0.1, 0.15) is 5.75 Å². The summed E-state index contributed by atoms with van der Waals surface area (Å²) in [6, 6.07) is 6.33. The van der Waals surface area contributed by atoms with E-state index < -0.39 is 0 Å². The molecule has 0 saturated carbocycles. The summed E-state index contributed by atoms with van der Waals surface area (Å²) >= 11 is 0. The van der Waals surface area contributed by atoms with Gasteiger partial charge < -0.3 is 15.0 Å². The van der Waals surface area contributed by atoms with Crippen LogP contribution in [0.5, 0.6) is 5.75 Å². The van der Waals surface area contributed by atoms with E-state index in [4.69, 9.17) is 4.74 Å². The lowest BCUT2D eigenvalue weighted by atomic mass is 10.1. The van der Waals surface area contributed by atoms with Crippen LogP contribution in [0.15, 0.2) is 18.2 Å². The molecule has 0 aliphatic rings. The Hall–Kier alpha value is -1.26. The molecule has 0 bridgehead atoms. The number of benzene rings is 1. The summed E-state index contributed by atoms with van der Waals surface area (Å²) in [6.45, 7) is 6.18. The van der Waals surface area contributed by atoms with E-state index in [2.05, 4.69) is 37.4 Å². The molecule has 1 N–H and O–H groups in total. The van der Waals surface area contributed by atoms with Crippen molar-refractivity contribution in [3.63, 3.8) is 0 Å². The molecule has 126 valence electrons. The van der Waals surface area contributed by atoms with Gasteiger partial charge in [-0.05, 0) is 43.5 Å². The topological polar surface area (TPSA) is 41.6 Å². The van der Waals surface area contributed by atoms with Crippen molar-refractivity contribution < 1.29 is 9.53 Å². The van der Waals surface area contributed by atoms with Gasteiger partial charge in [-0.15, -0.1) is 12.4 Å². The fraction of sp³-hybridized carbons (Fsp3) is 0.588. The maximum Gasteiger partial charge on any atom is 0.236 e. The average Bonchev–Trinajstić information content (AvgIpc) is 2.46. The summed E-state index contributed by atoms with van der Waals surface area (Å²) in [6.07, 6.45) is 3.12. The Labute approximate surface area is 140 Å². The quantitative estimate of drug-likeness (QED) is 0.709. The highest BCUT2D eigenvalue weighted by Crippen LogP contribution is 2.20. The lowest BCUT2D eigenvalue weighted by Crippen LogP contribution is -2.33. The van der Waals surface area contributed by atoms with Crippen molar-refractivity contribution in [2.75, 3.05) is 33.8 Å². The summed E-state index contributed by atoms with van der Waals surface area (Å²) in [5, 5.41) is 3.17. The number of hydrogen-bond donors (Lipinski definition) is 1. The molecule has 0 aliphatic heterocycles. The number of rotatable bonds is 9. The number of likely N-dealkylation sites (N-methyl/N-ethyl adjacent to an activating group) is 1. The highest BCUT2D eigenvalue weighted by Gasteiger charge is 2.04. The molecule has 5 heteroatoms. The van der Waals surface area contributed by atoms with Gasteiger partial charge in [0.05, 0.1) is 13.2 Å². The van der Waals surface area contributed by atoms with Gasteiger partial charge >= 0.3 is 0 Å². The standard InChI is InChI=1S/C17H28N2O2.ClH/c1-5-6-11-21-16-12-15(8-7-14(16)2)9-10-18-13-17(20)19(3)4;/h7-8,12,18H,5-6,9-11,13H2,1-4H3;1H. The average molecular weight is 329 g/mol. The van der Waals surface area contributed by atoms with Crippen molar-refractivity contribution in [1.29, 1.82) is 0 Å². The summed E-state index contributed by atoms with van der Waals surface area (Å²) in [5.41, 5.74) is 2.41. The minimum Gasteiger partial charge on any atom is -0.493 e. The lowest BCUT2D eigenvalue weighted by molar-refractivity contribution is -0.127. The zero-order chi connectivity index (χ0) is 15.7. The van der Waals surface area contributed by atoms with E-state index in [0.717, 1.165) is 38.2 Å². The number of amides is 1. The summed E-state index contributed by atoms with van der Waals surface area (Å²) in [5.74, 6) is 1.08. The summed E-state index contributed by atoms with van der Waals surface area (Å²) in [4.78, 5) is 13.0. The first-order valence-electron chi connectivity index (χ1n) is 7.67. The van der Waals surface area contributed by atoms with Crippen LogP contribution in [-0.4, -0.2) is 44.6 Å². The minimum absolute atomic E-state index is 0. The second kappa shape index (κ2) is 11.3. The molecule has 1 rings (SSSR count). The fourth-order valence-electron chi connectivity index (χ4n) is 1.87. The molecule has 4 nitrogen and oxygen atoms in total. The highest BCUT2D eigenvalue weighted by atomic mass is 35.5. The molecular formula is C17H29ClN2O2.